The Balaban J connectivity index is 0.00000220. The number of nitrogens with one attached hydrogen (secondary N) is 1. The van der Waals surface area contributed by atoms with Crippen LogP contribution in [0.3, 0.4) is 0 Å². The molecule has 5 heteroatoms. The van der Waals surface area contributed by atoms with Gasteiger partial charge in [-0.3, -0.25) is 4.72 Å². The first-order chi connectivity index (χ1) is 9.62. The van der Waals surface area contributed by atoms with E-state index in [0.717, 1.165) is 19.3 Å². The Morgan fingerprint density at radius 3 is 2.14 bits per heavy atom. The maximum atomic E-state index is 12.2. The van der Waals surface area contributed by atoms with Crippen molar-refractivity contribution in [1.82, 2.24) is 0 Å². The molecule has 4 nitrogen and oxygen atoms in total. The third kappa shape index (κ3) is 4.88. The molecule has 0 saturated carbocycles. The highest BCUT2D eigenvalue weighted by atomic mass is 32.2. The van der Waals surface area contributed by atoms with E-state index in [1.807, 2.05) is 18.2 Å². The molecule has 0 radical (unpaired) electrons. The monoisotopic (exact) mass is 307 g/mol. The molecule has 2 aromatic carbocycles. The van der Waals surface area contributed by atoms with Crippen molar-refractivity contribution in [3.05, 3.63) is 60.2 Å². The maximum absolute atomic E-state index is 12.2. The van der Waals surface area contributed by atoms with Crippen LogP contribution in [0.2, 0.25) is 0 Å². The van der Waals surface area contributed by atoms with Gasteiger partial charge in [0.25, 0.3) is 10.0 Å². The molecule has 0 aliphatic carbocycles. The number of para-hydroxylation sites is 1. The predicted octanol–water partition coefficient (Wildman–Crippen LogP) is 3.01. The quantitative estimate of drug-likeness (QED) is 0.890. The van der Waals surface area contributed by atoms with Gasteiger partial charge in [0, 0.05) is 5.69 Å². The number of benzene rings is 2. The number of hydrogen-bond donors (Lipinski definition) is 1. The van der Waals surface area contributed by atoms with Crippen LogP contribution < -0.4 is 4.72 Å². The SMILES string of the molecule is CCCCc1ccc(S(=O)(=O)Nc2ccccc2)cc1.O. The Morgan fingerprint density at radius 2 is 1.57 bits per heavy atom. The number of anilines is 1. The van der Waals surface area contributed by atoms with Gasteiger partial charge in [-0.1, -0.05) is 43.7 Å². The second kappa shape index (κ2) is 7.81. The van der Waals surface area contributed by atoms with Gasteiger partial charge in [0.15, 0.2) is 0 Å². The van der Waals surface area contributed by atoms with E-state index < -0.39 is 10.0 Å². The van der Waals surface area contributed by atoms with E-state index in [9.17, 15) is 8.42 Å². The second-order valence-corrected chi connectivity index (χ2v) is 6.40. The van der Waals surface area contributed by atoms with Crippen molar-refractivity contribution in [3.8, 4) is 0 Å². The summed E-state index contributed by atoms with van der Waals surface area (Å²) in [6, 6.07) is 16.0. The average Bonchev–Trinajstić information content (AvgIpc) is 2.46. The summed E-state index contributed by atoms with van der Waals surface area (Å²) in [5, 5.41) is 0. The number of rotatable bonds is 6. The molecule has 0 spiro atoms. The fraction of sp³-hybridized carbons (Fsp3) is 0.250. The zero-order valence-electron chi connectivity index (χ0n) is 12.0. The van der Waals surface area contributed by atoms with Crippen molar-refractivity contribution >= 4 is 15.7 Å². The molecule has 3 N–H and O–H groups in total. The van der Waals surface area contributed by atoms with Crippen molar-refractivity contribution in [1.29, 1.82) is 0 Å². The molecule has 0 aliphatic heterocycles. The van der Waals surface area contributed by atoms with Gasteiger partial charge in [-0.2, -0.15) is 0 Å². The largest absolute Gasteiger partial charge is 0.412 e. The molecule has 2 rings (SSSR count). The maximum Gasteiger partial charge on any atom is 0.261 e. The first-order valence-corrected chi connectivity index (χ1v) is 8.27. The highest BCUT2D eigenvalue weighted by Gasteiger charge is 2.13. The molecular formula is C16H21NO3S. The Bertz CT molecular complexity index is 637. The summed E-state index contributed by atoms with van der Waals surface area (Å²) in [5.41, 5.74) is 1.74. The van der Waals surface area contributed by atoms with Crippen LogP contribution in [-0.4, -0.2) is 13.9 Å². The van der Waals surface area contributed by atoms with Crippen molar-refractivity contribution < 1.29 is 13.9 Å². The molecule has 2 aromatic rings. The zero-order valence-corrected chi connectivity index (χ0v) is 12.9. The van der Waals surface area contributed by atoms with E-state index in [1.54, 1.807) is 36.4 Å². The Kier molecular flexibility index (Phi) is 6.39. The first kappa shape index (κ1) is 17.2. The van der Waals surface area contributed by atoms with Gasteiger partial charge in [0.05, 0.1) is 4.90 Å². The molecule has 0 fully saturated rings. The molecule has 0 atom stereocenters. The summed E-state index contributed by atoms with van der Waals surface area (Å²) < 4.78 is 27.0. The summed E-state index contributed by atoms with van der Waals surface area (Å²) in [6.45, 7) is 2.14. The van der Waals surface area contributed by atoms with Crippen LogP contribution in [0.15, 0.2) is 59.5 Å². The summed E-state index contributed by atoms with van der Waals surface area (Å²) in [5.74, 6) is 0. The van der Waals surface area contributed by atoms with Crippen molar-refractivity contribution in [2.45, 2.75) is 31.1 Å². The smallest absolute Gasteiger partial charge is 0.261 e. The molecule has 114 valence electrons. The van der Waals surface area contributed by atoms with E-state index in [1.165, 1.54) is 5.56 Å². The van der Waals surface area contributed by atoms with Crippen LogP contribution in [0.1, 0.15) is 25.3 Å². The molecule has 0 bridgehead atoms. The van der Waals surface area contributed by atoms with Gasteiger partial charge in [-0.05, 0) is 42.7 Å². The van der Waals surface area contributed by atoms with Gasteiger partial charge >= 0.3 is 0 Å². The minimum absolute atomic E-state index is 0. The first-order valence-electron chi connectivity index (χ1n) is 6.78. The normalized spacial score (nSPS) is 10.7. The van der Waals surface area contributed by atoms with Crippen molar-refractivity contribution in [2.75, 3.05) is 4.72 Å². The van der Waals surface area contributed by atoms with Crippen LogP contribution in [0.25, 0.3) is 0 Å². The third-order valence-electron chi connectivity index (χ3n) is 3.08. The third-order valence-corrected chi connectivity index (χ3v) is 4.48. The lowest BCUT2D eigenvalue weighted by Crippen LogP contribution is -2.12. The standard InChI is InChI=1S/C16H19NO2S.H2O/c1-2-3-7-14-10-12-16(13-11-14)20(18,19)17-15-8-5-4-6-9-15;/h4-6,8-13,17H,2-3,7H2,1H3;1H2. The van der Waals surface area contributed by atoms with Crippen LogP contribution in [0.5, 0.6) is 0 Å². The molecule has 0 amide bonds. The van der Waals surface area contributed by atoms with Gasteiger partial charge in [-0.25, -0.2) is 8.42 Å². The molecular weight excluding hydrogens is 286 g/mol. The van der Waals surface area contributed by atoms with Gasteiger partial charge in [-0.15, -0.1) is 0 Å². The van der Waals surface area contributed by atoms with Crippen molar-refractivity contribution in [3.63, 3.8) is 0 Å². The number of sulfonamides is 1. The van der Waals surface area contributed by atoms with E-state index in [0.29, 0.717) is 10.6 Å². The molecule has 0 aliphatic rings. The molecule has 0 heterocycles. The Hall–Kier alpha value is -1.85. The fourth-order valence-electron chi connectivity index (χ4n) is 1.94. The summed E-state index contributed by atoms with van der Waals surface area (Å²) in [4.78, 5) is 0.293. The Labute approximate surface area is 126 Å². The van der Waals surface area contributed by atoms with Gasteiger partial charge < -0.3 is 5.48 Å². The lowest BCUT2D eigenvalue weighted by Gasteiger charge is -2.08. The molecule has 0 unspecified atom stereocenters. The van der Waals surface area contributed by atoms with Gasteiger partial charge in [0.1, 0.15) is 0 Å². The molecule has 0 aromatic heterocycles. The fourth-order valence-corrected chi connectivity index (χ4v) is 3.00. The summed E-state index contributed by atoms with van der Waals surface area (Å²) in [6.07, 6.45) is 3.24. The molecule has 0 saturated heterocycles. The lowest BCUT2D eigenvalue weighted by molar-refractivity contribution is 0.601. The van der Waals surface area contributed by atoms with E-state index in [-0.39, 0.29) is 5.48 Å². The van der Waals surface area contributed by atoms with E-state index in [2.05, 4.69) is 11.6 Å². The lowest BCUT2D eigenvalue weighted by atomic mass is 10.1. The van der Waals surface area contributed by atoms with E-state index >= 15 is 0 Å². The topological polar surface area (TPSA) is 77.7 Å². The number of aryl methyl sites for hydroxylation is 1. The molecule has 21 heavy (non-hydrogen) atoms. The Morgan fingerprint density at radius 1 is 0.952 bits per heavy atom. The summed E-state index contributed by atoms with van der Waals surface area (Å²) >= 11 is 0. The van der Waals surface area contributed by atoms with Gasteiger partial charge in [0.2, 0.25) is 0 Å². The van der Waals surface area contributed by atoms with Crippen LogP contribution >= 0.6 is 0 Å². The highest BCUT2D eigenvalue weighted by Crippen LogP contribution is 2.17. The average molecular weight is 307 g/mol. The minimum atomic E-state index is -3.50. The predicted molar refractivity (Wildman–Crippen MR) is 85.9 cm³/mol. The van der Waals surface area contributed by atoms with Crippen molar-refractivity contribution in [2.24, 2.45) is 0 Å². The minimum Gasteiger partial charge on any atom is -0.412 e. The number of unbranched alkanes of at least 4 members (excludes halogenated alkanes) is 1. The van der Waals surface area contributed by atoms with Crippen LogP contribution in [-0.2, 0) is 16.4 Å². The zero-order chi connectivity index (χ0) is 14.4. The second-order valence-electron chi connectivity index (χ2n) is 4.72. The highest BCUT2D eigenvalue weighted by molar-refractivity contribution is 7.92. The van der Waals surface area contributed by atoms with E-state index in [4.69, 9.17) is 0 Å². The van der Waals surface area contributed by atoms with Crippen LogP contribution in [0, 0.1) is 0 Å². The van der Waals surface area contributed by atoms with Crippen LogP contribution in [0.4, 0.5) is 5.69 Å². The summed E-state index contributed by atoms with van der Waals surface area (Å²) in [7, 11) is -3.50. The number of hydrogen-bond acceptors (Lipinski definition) is 2.